The fourth-order valence-electron chi connectivity index (χ4n) is 2.68. The van der Waals surface area contributed by atoms with Crippen LogP contribution in [0, 0.1) is 0 Å². The molecule has 2 heterocycles. The number of nitrogens with zero attached hydrogens (tertiary/aromatic N) is 2. The second kappa shape index (κ2) is 6.16. The van der Waals surface area contributed by atoms with Crippen molar-refractivity contribution in [3.8, 4) is 10.6 Å². The van der Waals surface area contributed by atoms with E-state index in [9.17, 15) is 4.79 Å². The maximum atomic E-state index is 12.6. The molecule has 0 radical (unpaired) electrons. The smallest absolute Gasteiger partial charge is 0.273 e. The second-order valence-corrected chi connectivity index (χ2v) is 6.63. The van der Waals surface area contributed by atoms with Gasteiger partial charge < -0.3 is 4.90 Å². The summed E-state index contributed by atoms with van der Waals surface area (Å²) in [5, 5.41) is 3.30. The first kappa shape index (κ1) is 14.5. The highest BCUT2D eigenvalue weighted by atomic mass is 35.5. The summed E-state index contributed by atoms with van der Waals surface area (Å²) in [6.45, 7) is 2.94. The quantitative estimate of drug-likeness (QED) is 0.817. The molecule has 1 saturated heterocycles. The summed E-state index contributed by atoms with van der Waals surface area (Å²) in [7, 11) is 0. The maximum absolute atomic E-state index is 12.6. The van der Waals surface area contributed by atoms with E-state index in [2.05, 4.69) is 11.9 Å². The van der Waals surface area contributed by atoms with Gasteiger partial charge in [0.1, 0.15) is 10.7 Å². The number of aromatic nitrogens is 1. The van der Waals surface area contributed by atoms with Crippen molar-refractivity contribution in [2.45, 2.75) is 32.2 Å². The predicted octanol–water partition coefficient (Wildman–Crippen LogP) is 4.48. The van der Waals surface area contributed by atoms with E-state index >= 15 is 0 Å². The minimum Gasteiger partial charge on any atom is -0.335 e. The van der Waals surface area contributed by atoms with Crippen molar-refractivity contribution in [1.29, 1.82) is 0 Å². The molecule has 0 spiro atoms. The first-order chi connectivity index (χ1) is 10.2. The lowest BCUT2D eigenvalue weighted by Gasteiger charge is -2.32. The van der Waals surface area contributed by atoms with Crippen LogP contribution in [0.3, 0.4) is 0 Å². The molecule has 3 nitrogen and oxygen atoms in total. The summed E-state index contributed by atoms with van der Waals surface area (Å²) < 4.78 is 0. The van der Waals surface area contributed by atoms with Gasteiger partial charge in [-0.3, -0.25) is 4.79 Å². The Balaban J connectivity index is 1.85. The molecule has 1 aliphatic rings. The molecule has 0 bridgehead atoms. The largest absolute Gasteiger partial charge is 0.335 e. The van der Waals surface area contributed by atoms with Crippen molar-refractivity contribution >= 4 is 28.8 Å². The number of likely N-dealkylation sites (tertiary alicyclic amines) is 1. The highest BCUT2D eigenvalue weighted by Gasteiger charge is 2.26. The fourth-order valence-corrected chi connectivity index (χ4v) is 3.79. The zero-order valence-corrected chi connectivity index (χ0v) is 13.5. The highest BCUT2D eigenvalue weighted by Crippen LogP contribution is 2.30. The van der Waals surface area contributed by atoms with Gasteiger partial charge in [0.15, 0.2) is 0 Å². The molecule has 0 aliphatic carbocycles. The van der Waals surface area contributed by atoms with Gasteiger partial charge in [-0.1, -0.05) is 29.8 Å². The van der Waals surface area contributed by atoms with Crippen LogP contribution in [0.1, 0.15) is 36.7 Å². The first-order valence-corrected chi connectivity index (χ1v) is 8.44. The maximum Gasteiger partial charge on any atom is 0.273 e. The Bertz CT molecular complexity index is 655. The van der Waals surface area contributed by atoms with Crippen molar-refractivity contribution in [2.75, 3.05) is 6.54 Å². The Morgan fingerprint density at radius 1 is 1.38 bits per heavy atom. The van der Waals surface area contributed by atoms with Crippen molar-refractivity contribution in [1.82, 2.24) is 9.88 Å². The minimum atomic E-state index is 0.0387. The van der Waals surface area contributed by atoms with Gasteiger partial charge in [-0.05, 0) is 32.3 Å². The van der Waals surface area contributed by atoms with Crippen molar-refractivity contribution in [3.63, 3.8) is 0 Å². The van der Waals surface area contributed by atoms with Gasteiger partial charge in [-0.15, -0.1) is 11.3 Å². The van der Waals surface area contributed by atoms with E-state index in [0.717, 1.165) is 30.0 Å². The summed E-state index contributed by atoms with van der Waals surface area (Å²) in [6.07, 6.45) is 3.36. The Kier molecular flexibility index (Phi) is 4.27. The SMILES string of the molecule is CC1CCCCN1C(=O)c1csc(-c2ccccc2Cl)n1. The van der Waals surface area contributed by atoms with Gasteiger partial charge in [0.05, 0.1) is 5.02 Å². The molecule has 110 valence electrons. The van der Waals surface area contributed by atoms with Crippen molar-refractivity contribution < 1.29 is 4.79 Å². The fraction of sp³-hybridized carbons (Fsp3) is 0.375. The lowest BCUT2D eigenvalue weighted by Crippen LogP contribution is -2.42. The zero-order chi connectivity index (χ0) is 14.8. The molecule has 1 fully saturated rings. The number of carbonyl (C=O) groups is 1. The number of hydrogen-bond donors (Lipinski definition) is 0. The number of thiazole rings is 1. The van der Waals surface area contributed by atoms with E-state index < -0.39 is 0 Å². The van der Waals surface area contributed by atoms with E-state index in [1.807, 2.05) is 34.5 Å². The average Bonchev–Trinajstić information content (AvgIpc) is 2.97. The molecule has 1 aromatic carbocycles. The number of hydrogen-bond acceptors (Lipinski definition) is 3. The molecule has 1 unspecified atom stereocenters. The predicted molar refractivity (Wildman–Crippen MR) is 86.9 cm³/mol. The van der Waals surface area contributed by atoms with Gasteiger partial charge in [-0.25, -0.2) is 4.98 Å². The lowest BCUT2D eigenvalue weighted by atomic mass is 10.0. The van der Waals surface area contributed by atoms with Crippen LogP contribution in [-0.4, -0.2) is 28.4 Å². The molecular formula is C16H17ClN2OS. The molecule has 1 atom stereocenters. The van der Waals surface area contributed by atoms with Gasteiger partial charge in [0, 0.05) is 23.5 Å². The number of amides is 1. The Labute approximate surface area is 133 Å². The van der Waals surface area contributed by atoms with Gasteiger partial charge in [0.25, 0.3) is 5.91 Å². The summed E-state index contributed by atoms with van der Waals surface area (Å²) >= 11 is 7.66. The first-order valence-electron chi connectivity index (χ1n) is 7.18. The normalized spacial score (nSPS) is 18.8. The van der Waals surface area contributed by atoms with Crippen LogP contribution >= 0.6 is 22.9 Å². The van der Waals surface area contributed by atoms with Gasteiger partial charge in [0.2, 0.25) is 0 Å². The second-order valence-electron chi connectivity index (χ2n) is 5.36. The van der Waals surface area contributed by atoms with Crippen LogP contribution in [0.5, 0.6) is 0 Å². The molecule has 1 aliphatic heterocycles. The molecule has 5 heteroatoms. The molecule has 1 aromatic heterocycles. The number of piperidine rings is 1. The number of rotatable bonds is 2. The number of halogens is 1. The monoisotopic (exact) mass is 320 g/mol. The third kappa shape index (κ3) is 2.97. The Morgan fingerprint density at radius 2 is 2.19 bits per heavy atom. The highest BCUT2D eigenvalue weighted by molar-refractivity contribution is 7.13. The summed E-state index contributed by atoms with van der Waals surface area (Å²) in [5.41, 5.74) is 1.42. The molecule has 3 rings (SSSR count). The van der Waals surface area contributed by atoms with E-state index in [4.69, 9.17) is 11.6 Å². The minimum absolute atomic E-state index is 0.0387. The molecule has 0 N–H and O–H groups in total. The summed E-state index contributed by atoms with van der Waals surface area (Å²) in [4.78, 5) is 19.0. The summed E-state index contributed by atoms with van der Waals surface area (Å²) in [6, 6.07) is 7.89. The van der Waals surface area contributed by atoms with Crippen molar-refractivity contribution in [2.24, 2.45) is 0 Å². The summed E-state index contributed by atoms with van der Waals surface area (Å²) in [5.74, 6) is 0.0387. The third-order valence-corrected chi connectivity index (χ3v) is 5.10. The van der Waals surface area contributed by atoms with Crippen LogP contribution in [0.2, 0.25) is 5.02 Å². The molecular weight excluding hydrogens is 304 g/mol. The molecule has 21 heavy (non-hydrogen) atoms. The Hall–Kier alpha value is -1.39. The van der Waals surface area contributed by atoms with Crippen LogP contribution in [-0.2, 0) is 0 Å². The average molecular weight is 321 g/mol. The topological polar surface area (TPSA) is 33.2 Å². The zero-order valence-electron chi connectivity index (χ0n) is 11.9. The molecule has 1 amide bonds. The Morgan fingerprint density at radius 3 is 2.95 bits per heavy atom. The lowest BCUT2D eigenvalue weighted by molar-refractivity contribution is 0.0630. The van der Waals surface area contributed by atoms with E-state index in [1.165, 1.54) is 17.8 Å². The van der Waals surface area contributed by atoms with E-state index in [0.29, 0.717) is 16.8 Å². The third-order valence-electron chi connectivity index (χ3n) is 3.89. The van der Waals surface area contributed by atoms with Gasteiger partial charge >= 0.3 is 0 Å². The van der Waals surface area contributed by atoms with Crippen LogP contribution in [0.4, 0.5) is 0 Å². The standard InChI is InChI=1S/C16H17ClN2OS/c1-11-6-4-5-9-19(11)16(20)14-10-21-15(18-14)12-7-2-3-8-13(12)17/h2-3,7-8,10-11H,4-6,9H2,1H3. The van der Waals surface area contributed by atoms with Gasteiger partial charge in [-0.2, -0.15) is 0 Å². The molecule has 2 aromatic rings. The van der Waals surface area contributed by atoms with Crippen LogP contribution in [0.25, 0.3) is 10.6 Å². The van der Waals surface area contributed by atoms with E-state index in [1.54, 1.807) is 0 Å². The van der Waals surface area contributed by atoms with Crippen LogP contribution < -0.4 is 0 Å². The van der Waals surface area contributed by atoms with Crippen LogP contribution in [0.15, 0.2) is 29.6 Å². The van der Waals surface area contributed by atoms with E-state index in [-0.39, 0.29) is 5.91 Å². The molecule has 0 saturated carbocycles. The number of carbonyl (C=O) groups excluding carboxylic acids is 1. The number of benzene rings is 1. The van der Waals surface area contributed by atoms with Crippen molar-refractivity contribution in [3.05, 3.63) is 40.4 Å².